The van der Waals surface area contributed by atoms with E-state index >= 15 is 0 Å². The smallest absolute Gasteiger partial charge is 0.227 e. The fourth-order valence-electron chi connectivity index (χ4n) is 0.903. The highest BCUT2D eigenvalue weighted by Gasteiger charge is 2.13. The van der Waals surface area contributed by atoms with Gasteiger partial charge in [-0.3, -0.25) is 0 Å². The molecule has 56 valence electrons. The lowest BCUT2D eigenvalue weighted by molar-refractivity contribution is 0.439. The average Bonchev–Trinajstić information content (AvgIpc) is 2.11. The molecular formula is C6H11N3O. The molecule has 0 spiro atoms. The Bertz CT molecular complexity index is 209. The molecule has 1 aromatic heterocycles. The topological polar surface area (TPSA) is 78.1 Å². The van der Waals surface area contributed by atoms with Gasteiger partial charge in [0.15, 0.2) is 5.82 Å². The van der Waals surface area contributed by atoms with Crippen LogP contribution in [0.1, 0.15) is 25.3 Å². The molecule has 0 aliphatic rings. The van der Waals surface area contributed by atoms with E-state index in [4.69, 9.17) is 11.5 Å². The predicted octanol–water partition coefficient (Wildman–Crippen LogP) is 0.962. The molecule has 0 aromatic carbocycles. The van der Waals surface area contributed by atoms with Gasteiger partial charge in [-0.1, -0.05) is 19.0 Å². The van der Waals surface area contributed by atoms with Gasteiger partial charge in [0.2, 0.25) is 5.88 Å². The third-order valence-electron chi connectivity index (χ3n) is 1.36. The Hall–Kier alpha value is -1.19. The van der Waals surface area contributed by atoms with Crippen LogP contribution in [0.5, 0.6) is 0 Å². The number of aromatic nitrogens is 1. The summed E-state index contributed by atoms with van der Waals surface area (Å²) in [4.78, 5) is 0. The van der Waals surface area contributed by atoms with Crippen molar-refractivity contribution in [2.45, 2.75) is 19.8 Å². The van der Waals surface area contributed by atoms with Crippen LogP contribution < -0.4 is 11.5 Å². The number of hydrogen-bond acceptors (Lipinski definition) is 4. The third-order valence-corrected chi connectivity index (χ3v) is 1.36. The minimum Gasteiger partial charge on any atom is -0.381 e. The summed E-state index contributed by atoms with van der Waals surface area (Å²) < 4.78 is 4.66. The number of nitrogens with two attached hydrogens (primary N) is 2. The van der Waals surface area contributed by atoms with Crippen molar-refractivity contribution in [2.75, 3.05) is 11.5 Å². The van der Waals surface area contributed by atoms with E-state index in [9.17, 15) is 0 Å². The molecule has 1 heterocycles. The van der Waals surface area contributed by atoms with Crippen molar-refractivity contribution in [3.8, 4) is 0 Å². The number of hydrogen-bond donors (Lipinski definition) is 2. The first kappa shape index (κ1) is 6.92. The van der Waals surface area contributed by atoms with E-state index in [-0.39, 0.29) is 5.92 Å². The van der Waals surface area contributed by atoms with Gasteiger partial charge in [-0.05, 0) is 5.92 Å². The second-order valence-electron chi connectivity index (χ2n) is 2.50. The van der Waals surface area contributed by atoms with Gasteiger partial charge < -0.3 is 16.0 Å². The van der Waals surface area contributed by atoms with Gasteiger partial charge in [0.1, 0.15) is 0 Å². The van der Waals surface area contributed by atoms with Crippen LogP contribution in [0.4, 0.5) is 11.7 Å². The number of rotatable bonds is 1. The van der Waals surface area contributed by atoms with Crippen LogP contribution in [0, 0.1) is 0 Å². The van der Waals surface area contributed by atoms with E-state index in [2.05, 4.69) is 9.68 Å². The van der Waals surface area contributed by atoms with Crippen molar-refractivity contribution in [1.29, 1.82) is 0 Å². The Kier molecular flexibility index (Phi) is 1.53. The molecule has 10 heavy (non-hydrogen) atoms. The average molecular weight is 141 g/mol. The molecule has 1 aromatic rings. The minimum atomic E-state index is 0.270. The number of anilines is 2. The summed E-state index contributed by atoms with van der Waals surface area (Å²) in [6.07, 6.45) is 0. The van der Waals surface area contributed by atoms with Gasteiger partial charge in [0.25, 0.3) is 0 Å². The van der Waals surface area contributed by atoms with Gasteiger partial charge in [-0.25, -0.2) is 0 Å². The molecule has 4 N–H and O–H groups in total. The van der Waals surface area contributed by atoms with Crippen LogP contribution in [0.2, 0.25) is 0 Å². The highest BCUT2D eigenvalue weighted by molar-refractivity contribution is 5.52. The summed E-state index contributed by atoms with van der Waals surface area (Å²) >= 11 is 0. The molecule has 0 radical (unpaired) electrons. The molecule has 4 heteroatoms. The first-order valence-electron chi connectivity index (χ1n) is 3.13. The van der Waals surface area contributed by atoms with Crippen LogP contribution in [-0.2, 0) is 0 Å². The normalized spacial score (nSPS) is 10.7. The zero-order valence-corrected chi connectivity index (χ0v) is 6.09. The fourth-order valence-corrected chi connectivity index (χ4v) is 0.903. The summed E-state index contributed by atoms with van der Waals surface area (Å²) in [5.41, 5.74) is 11.7. The van der Waals surface area contributed by atoms with Crippen molar-refractivity contribution < 1.29 is 4.52 Å². The highest BCUT2D eigenvalue weighted by atomic mass is 16.5. The summed E-state index contributed by atoms with van der Waals surface area (Å²) in [5, 5.41) is 3.52. The summed E-state index contributed by atoms with van der Waals surface area (Å²) in [5.74, 6) is 0.992. The third kappa shape index (κ3) is 0.920. The first-order valence-corrected chi connectivity index (χ1v) is 3.13. The maximum Gasteiger partial charge on any atom is 0.227 e. The van der Waals surface area contributed by atoms with Crippen LogP contribution >= 0.6 is 0 Å². The monoisotopic (exact) mass is 141 g/mol. The molecule has 0 saturated heterocycles. The molecule has 0 aliphatic carbocycles. The Labute approximate surface area is 59.2 Å². The lowest BCUT2D eigenvalue weighted by Crippen LogP contribution is -1.96. The number of nitrogen functional groups attached to an aromatic ring is 2. The van der Waals surface area contributed by atoms with Gasteiger partial charge in [-0.2, -0.15) is 0 Å². The van der Waals surface area contributed by atoms with Gasteiger partial charge >= 0.3 is 0 Å². The van der Waals surface area contributed by atoms with Gasteiger partial charge in [0.05, 0.1) is 5.56 Å². The minimum absolute atomic E-state index is 0.270. The molecule has 0 bridgehead atoms. The molecule has 0 saturated carbocycles. The van der Waals surface area contributed by atoms with Crippen LogP contribution in [0.15, 0.2) is 4.52 Å². The highest BCUT2D eigenvalue weighted by Crippen LogP contribution is 2.26. The molecule has 0 atom stereocenters. The predicted molar refractivity (Wildman–Crippen MR) is 39.4 cm³/mol. The van der Waals surface area contributed by atoms with Crippen LogP contribution in [-0.4, -0.2) is 5.16 Å². The van der Waals surface area contributed by atoms with E-state index in [1.54, 1.807) is 0 Å². The molecular weight excluding hydrogens is 130 g/mol. The zero-order chi connectivity index (χ0) is 7.72. The van der Waals surface area contributed by atoms with Crippen molar-refractivity contribution in [2.24, 2.45) is 0 Å². The van der Waals surface area contributed by atoms with Gasteiger partial charge in [-0.15, -0.1) is 0 Å². The molecule has 0 amide bonds. The van der Waals surface area contributed by atoms with Crippen molar-refractivity contribution >= 4 is 11.7 Å². The molecule has 0 fully saturated rings. The maximum absolute atomic E-state index is 5.46. The maximum atomic E-state index is 5.46. The Morgan fingerprint density at radius 1 is 1.40 bits per heavy atom. The van der Waals surface area contributed by atoms with Gasteiger partial charge in [0, 0.05) is 0 Å². The van der Waals surface area contributed by atoms with Crippen molar-refractivity contribution in [1.82, 2.24) is 5.16 Å². The molecule has 1 rings (SSSR count). The van der Waals surface area contributed by atoms with Crippen molar-refractivity contribution in [3.63, 3.8) is 0 Å². The zero-order valence-electron chi connectivity index (χ0n) is 6.09. The molecule has 0 aliphatic heterocycles. The fraction of sp³-hybridized carbons (Fsp3) is 0.500. The Morgan fingerprint density at radius 2 is 2.00 bits per heavy atom. The van der Waals surface area contributed by atoms with E-state index < -0.39 is 0 Å². The Morgan fingerprint density at radius 3 is 2.20 bits per heavy atom. The van der Waals surface area contributed by atoms with Crippen LogP contribution in [0.3, 0.4) is 0 Å². The lowest BCUT2D eigenvalue weighted by Gasteiger charge is -1.99. The van der Waals surface area contributed by atoms with E-state index in [0.717, 1.165) is 5.56 Å². The SMILES string of the molecule is CC(C)c1c(N)noc1N. The summed E-state index contributed by atoms with van der Waals surface area (Å²) in [6, 6.07) is 0. The lowest BCUT2D eigenvalue weighted by atomic mass is 10.1. The second-order valence-corrected chi connectivity index (χ2v) is 2.50. The quantitative estimate of drug-likeness (QED) is 0.610. The second kappa shape index (κ2) is 2.21. The standard InChI is InChI=1S/C6H11N3O/c1-3(2)4-5(7)9-10-6(4)8/h3H,8H2,1-2H3,(H2,7,9). The summed E-state index contributed by atoms with van der Waals surface area (Å²) in [7, 11) is 0. The van der Waals surface area contributed by atoms with E-state index in [1.165, 1.54) is 0 Å². The molecule has 4 nitrogen and oxygen atoms in total. The summed E-state index contributed by atoms with van der Waals surface area (Å²) in [6.45, 7) is 3.97. The molecule has 0 unspecified atom stereocenters. The van der Waals surface area contributed by atoms with Crippen molar-refractivity contribution in [3.05, 3.63) is 5.56 Å². The first-order chi connectivity index (χ1) is 4.63. The Balaban J connectivity index is 3.10. The largest absolute Gasteiger partial charge is 0.381 e. The van der Waals surface area contributed by atoms with E-state index in [0.29, 0.717) is 11.7 Å². The van der Waals surface area contributed by atoms with Crippen LogP contribution in [0.25, 0.3) is 0 Å². The van der Waals surface area contributed by atoms with E-state index in [1.807, 2.05) is 13.8 Å². The number of nitrogens with zero attached hydrogens (tertiary/aromatic N) is 1.